The molecule has 2 saturated heterocycles. The first kappa shape index (κ1) is 16.3. The van der Waals surface area contributed by atoms with Crippen molar-refractivity contribution < 1.29 is 22.7 Å². The molecule has 2 fully saturated rings. The number of rotatable bonds is 3. The van der Waals surface area contributed by atoms with Crippen LogP contribution in [0.3, 0.4) is 0 Å². The molecule has 0 bridgehead atoms. The maximum absolute atomic E-state index is 12.6. The highest BCUT2D eigenvalue weighted by Crippen LogP contribution is 2.31. The minimum atomic E-state index is -4.35. The number of amides is 1. The lowest BCUT2D eigenvalue weighted by Gasteiger charge is -2.39. The molecule has 0 aromatic carbocycles. The van der Waals surface area contributed by atoms with E-state index in [4.69, 9.17) is 4.74 Å². The molecule has 2 aliphatic heterocycles. The maximum atomic E-state index is 12.6. The van der Waals surface area contributed by atoms with E-state index in [2.05, 4.69) is 0 Å². The molecular weight excluding hydrogens is 311 g/mol. The molecule has 2 atom stereocenters. The second kappa shape index (κ2) is 6.16. The van der Waals surface area contributed by atoms with Crippen LogP contribution in [0.5, 0.6) is 0 Å². The van der Waals surface area contributed by atoms with Gasteiger partial charge in [-0.15, -0.1) is 0 Å². The Balaban J connectivity index is 1.77. The monoisotopic (exact) mass is 331 g/mol. The van der Waals surface area contributed by atoms with Crippen LogP contribution in [0.2, 0.25) is 0 Å². The number of morpholine rings is 1. The third-order valence-electron chi connectivity index (χ3n) is 4.53. The Bertz CT molecular complexity index is 573. The highest BCUT2D eigenvalue weighted by molar-refractivity contribution is 5.84. The Hall–Kier alpha value is -1.54. The number of likely N-dealkylation sites (tertiary alicyclic amines) is 1. The lowest BCUT2D eigenvalue weighted by molar-refractivity contribution is -0.160. The van der Waals surface area contributed by atoms with Gasteiger partial charge in [-0.25, -0.2) is 0 Å². The Morgan fingerprint density at radius 2 is 2.09 bits per heavy atom. The van der Waals surface area contributed by atoms with Crippen molar-refractivity contribution in [2.24, 2.45) is 7.05 Å². The molecular formula is C15H20F3N3O2. The van der Waals surface area contributed by atoms with E-state index in [1.54, 1.807) is 0 Å². The van der Waals surface area contributed by atoms with Gasteiger partial charge < -0.3 is 14.2 Å². The lowest BCUT2D eigenvalue weighted by atomic mass is 10.1. The predicted octanol–water partition coefficient (Wildman–Crippen LogP) is 1.56. The Morgan fingerprint density at radius 3 is 2.74 bits per heavy atom. The van der Waals surface area contributed by atoms with Crippen molar-refractivity contribution in [2.45, 2.75) is 24.7 Å². The van der Waals surface area contributed by atoms with Crippen LogP contribution in [-0.4, -0.2) is 65.3 Å². The van der Waals surface area contributed by atoms with Crippen molar-refractivity contribution in [3.63, 3.8) is 0 Å². The highest BCUT2D eigenvalue weighted by atomic mass is 19.4. The summed E-state index contributed by atoms with van der Waals surface area (Å²) in [6, 6.07) is 3.26. The van der Waals surface area contributed by atoms with E-state index in [-0.39, 0.29) is 12.6 Å². The predicted molar refractivity (Wildman–Crippen MR) is 76.7 cm³/mol. The number of alkyl halides is 3. The van der Waals surface area contributed by atoms with Gasteiger partial charge in [0, 0.05) is 32.0 Å². The number of hydrogen-bond donors (Lipinski definition) is 0. The van der Waals surface area contributed by atoms with Crippen LogP contribution in [-0.2, 0) is 16.6 Å². The molecule has 0 aliphatic carbocycles. The van der Waals surface area contributed by atoms with Crippen molar-refractivity contribution in [3.8, 4) is 0 Å². The zero-order valence-corrected chi connectivity index (χ0v) is 12.9. The minimum absolute atomic E-state index is 0.108. The van der Waals surface area contributed by atoms with E-state index >= 15 is 0 Å². The Morgan fingerprint density at radius 1 is 1.30 bits per heavy atom. The van der Waals surface area contributed by atoms with Gasteiger partial charge in [0.25, 0.3) is 0 Å². The van der Waals surface area contributed by atoms with Crippen molar-refractivity contribution in [3.05, 3.63) is 24.0 Å². The van der Waals surface area contributed by atoms with Crippen LogP contribution in [0, 0.1) is 0 Å². The number of aromatic nitrogens is 1. The molecule has 23 heavy (non-hydrogen) atoms. The molecule has 0 radical (unpaired) electrons. The maximum Gasteiger partial charge on any atom is 0.406 e. The number of halogens is 3. The molecule has 0 spiro atoms. The summed E-state index contributed by atoms with van der Waals surface area (Å²) in [5.74, 6) is -0.427. The van der Waals surface area contributed by atoms with E-state index in [9.17, 15) is 18.0 Å². The van der Waals surface area contributed by atoms with Crippen LogP contribution in [0.25, 0.3) is 0 Å². The van der Waals surface area contributed by atoms with E-state index in [0.717, 1.165) is 10.6 Å². The van der Waals surface area contributed by atoms with Crippen LogP contribution in [0.4, 0.5) is 13.2 Å². The quantitative estimate of drug-likeness (QED) is 0.844. The molecule has 3 rings (SSSR count). The summed E-state index contributed by atoms with van der Waals surface area (Å²) in [5, 5.41) is 0. The largest absolute Gasteiger partial charge is 0.406 e. The molecule has 128 valence electrons. The SMILES string of the molecule is Cn1cccc1[C@@H]1COCCN1[C@H]1CCN(CC(F)(F)F)C1=O. The summed E-state index contributed by atoms with van der Waals surface area (Å²) >= 11 is 0. The van der Waals surface area contributed by atoms with Crippen molar-refractivity contribution in [1.82, 2.24) is 14.4 Å². The number of carbonyl (C=O) groups is 1. The van der Waals surface area contributed by atoms with Gasteiger partial charge in [-0.1, -0.05) is 0 Å². The number of ether oxygens (including phenoxy) is 1. The fourth-order valence-electron chi connectivity index (χ4n) is 3.47. The van der Waals surface area contributed by atoms with Gasteiger partial charge in [-0.3, -0.25) is 9.69 Å². The first-order valence-electron chi connectivity index (χ1n) is 7.67. The first-order valence-corrected chi connectivity index (χ1v) is 7.67. The molecule has 0 unspecified atom stereocenters. The van der Waals surface area contributed by atoms with Gasteiger partial charge in [0.15, 0.2) is 0 Å². The van der Waals surface area contributed by atoms with Gasteiger partial charge >= 0.3 is 6.18 Å². The molecule has 8 heteroatoms. The second-order valence-corrected chi connectivity index (χ2v) is 6.05. The molecule has 1 amide bonds. The number of carbonyl (C=O) groups excluding carboxylic acids is 1. The summed E-state index contributed by atoms with van der Waals surface area (Å²) in [7, 11) is 1.91. The summed E-state index contributed by atoms with van der Waals surface area (Å²) in [5.41, 5.74) is 1.01. The fraction of sp³-hybridized carbons (Fsp3) is 0.667. The van der Waals surface area contributed by atoms with Gasteiger partial charge in [-0.05, 0) is 18.6 Å². The van der Waals surface area contributed by atoms with Crippen LogP contribution in [0.15, 0.2) is 18.3 Å². The number of nitrogens with zero attached hydrogens (tertiary/aromatic N) is 3. The average Bonchev–Trinajstić information content (AvgIpc) is 3.05. The molecule has 5 nitrogen and oxygen atoms in total. The Kier molecular flexibility index (Phi) is 4.37. The van der Waals surface area contributed by atoms with Gasteiger partial charge in [0.1, 0.15) is 6.54 Å². The van der Waals surface area contributed by atoms with Gasteiger partial charge in [0.05, 0.1) is 25.3 Å². The summed E-state index contributed by atoms with van der Waals surface area (Å²) in [6.07, 6.45) is -2.02. The van der Waals surface area contributed by atoms with Gasteiger partial charge in [0.2, 0.25) is 5.91 Å². The van der Waals surface area contributed by atoms with Crippen molar-refractivity contribution in [1.29, 1.82) is 0 Å². The van der Waals surface area contributed by atoms with Crippen LogP contribution < -0.4 is 0 Å². The molecule has 2 aliphatic rings. The van der Waals surface area contributed by atoms with E-state index in [1.165, 1.54) is 0 Å². The molecule has 1 aromatic heterocycles. The molecule has 0 saturated carbocycles. The third-order valence-corrected chi connectivity index (χ3v) is 4.53. The average molecular weight is 331 g/mol. The van der Waals surface area contributed by atoms with Crippen molar-refractivity contribution >= 4 is 5.91 Å². The first-order chi connectivity index (χ1) is 10.9. The topological polar surface area (TPSA) is 37.7 Å². The summed E-state index contributed by atoms with van der Waals surface area (Å²) < 4.78 is 45.2. The van der Waals surface area contributed by atoms with Crippen LogP contribution in [0.1, 0.15) is 18.2 Å². The molecule has 3 heterocycles. The van der Waals surface area contributed by atoms with Crippen molar-refractivity contribution in [2.75, 3.05) is 32.8 Å². The zero-order valence-electron chi connectivity index (χ0n) is 12.9. The smallest absolute Gasteiger partial charge is 0.378 e. The standard InChI is InChI=1S/C15H20F3N3O2/c1-19-5-2-3-11(19)13-9-23-8-7-21(13)12-4-6-20(14(12)22)10-15(16,17)18/h2-3,5,12-13H,4,6-10H2,1H3/t12-,13-/m0/s1. The molecule has 1 aromatic rings. The minimum Gasteiger partial charge on any atom is -0.378 e. The van der Waals surface area contributed by atoms with E-state index in [1.807, 2.05) is 34.8 Å². The normalized spacial score (nSPS) is 27.0. The van der Waals surface area contributed by atoms with Gasteiger partial charge in [-0.2, -0.15) is 13.2 Å². The Labute approximate surface area is 132 Å². The zero-order chi connectivity index (χ0) is 16.6. The number of aryl methyl sites for hydroxylation is 1. The fourth-order valence-corrected chi connectivity index (χ4v) is 3.47. The summed E-state index contributed by atoms with van der Waals surface area (Å²) in [6.45, 7) is 0.471. The highest BCUT2D eigenvalue weighted by Gasteiger charge is 2.44. The lowest BCUT2D eigenvalue weighted by Crippen LogP contribution is -2.50. The van der Waals surface area contributed by atoms with E-state index < -0.39 is 24.7 Å². The third kappa shape index (κ3) is 3.37. The second-order valence-electron chi connectivity index (χ2n) is 6.05. The summed E-state index contributed by atoms with van der Waals surface area (Å²) in [4.78, 5) is 15.3. The van der Waals surface area contributed by atoms with Crippen LogP contribution >= 0.6 is 0 Å². The van der Waals surface area contributed by atoms with E-state index in [0.29, 0.717) is 26.2 Å². The molecule has 0 N–H and O–H groups in total. The number of hydrogen-bond acceptors (Lipinski definition) is 3.